The Morgan fingerprint density at radius 2 is 1.83 bits per heavy atom. The third-order valence-electron chi connectivity index (χ3n) is 2.87. The minimum Gasteiger partial charge on any atom is -0.445 e. The molecule has 0 radical (unpaired) electrons. The summed E-state index contributed by atoms with van der Waals surface area (Å²) in [4.78, 5) is 4.20. The van der Waals surface area contributed by atoms with E-state index in [1.165, 1.54) is 29.5 Å². The molecule has 1 heterocycles. The number of hydrogen-bond acceptors (Lipinski definition) is 6. The Balaban J connectivity index is 1.70. The molecule has 2 aromatic carbocycles. The molecule has 3 rings (SSSR count). The molecular weight excluding hydrogens is 352 g/mol. The lowest BCUT2D eigenvalue weighted by atomic mass is 10.3. The molecule has 0 saturated heterocycles. The van der Waals surface area contributed by atoms with Gasteiger partial charge in [0.15, 0.2) is 5.13 Å². The highest BCUT2D eigenvalue weighted by molar-refractivity contribution is 7.99. The van der Waals surface area contributed by atoms with E-state index in [4.69, 9.17) is 4.74 Å². The van der Waals surface area contributed by atoms with Crippen molar-refractivity contribution in [2.75, 3.05) is 16.3 Å². The molecule has 0 fully saturated rings. The van der Waals surface area contributed by atoms with E-state index in [1.807, 2.05) is 30.5 Å². The summed E-state index contributed by atoms with van der Waals surface area (Å²) in [5, 5.41) is 4.21. The molecule has 3 aromatic rings. The van der Waals surface area contributed by atoms with E-state index in [9.17, 15) is 8.78 Å². The number of nitrogens with one attached hydrogen (secondary N) is 2. The largest absolute Gasteiger partial charge is 0.445 e. The Labute approximate surface area is 146 Å². The van der Waals surface area contributed by atoms with Gasteiger partial charge in [-0.15, -0.1) is 0 Å². The lowest BCUT2D eigenvalue weighted by molar-refractivity contribution is 0.479. The average molecular weight is 365 g/mol. The number of benzene rings is 2. The third-order valence-corrected chi connectivity index (χ3v) is 4.10. The van der Waals surface area contributed by atoms with Crippen LogP contribution in [0.15, 0.2) is 48.7 Å². The fraction of sp³-hybridized carbons (Fsp3) is 0.0625. The number of hydrogen-bond donors (Lipinski definition) is 2. The molecule has 0 bridgehead atoms. The van der Waals surface area contributed by atoms with Crippen molar-refractivity contribution in [2.45, 2.75) is 0 Å². The predicted molar refractivity (Wildman–Crippen MR) is 95.4 cm³/mol. The summed E-state index contributed by atoms with van der Waals surface area (Å²) in [6.45, 7) is 0. The van der Waals surface area contributed by atoms with Gasteiger partial charge in [-0.05, 0) is 18.2 Å². The summed E-state index contributed by atoms with van der Waals surface area (Å²) in [5.41, 5.74) is 1.84. The van der Waals surface area contributed by atoms with Gasteiger partial charge in [-0.25, -0.2) is 13.8 Å². The highest BCUT2D eigenvalue weighted by Gasteiger charge is 2.07. The van der Waals surface area contributed by atoms with E-state index >= 15 is 0 Å². The van der Waals surface area contributed by atoms with Gasteiger partial charge in [-0.1, -0.05) is 29.4 Å². The molecule has 0 unspecified atom stereocenters. The SMILES string of the molecule is CSNc1cccc(Nc2ncc(Oc3cc(F)cc(F)c3)s2)c1. The zero-order chi connectivity index (χ0) is 16.9. The molecule has 1 aromatic heterocycles. The monoisotopic (exact) mass is 365 g/mol. The minimum atomic E-state index is -0.689. The van der Waals surface area contributed by atoms with Crippen molar-refractivity contribution in [2.24, 2.45) is 0 Å². The maximum absolute atomic E-state index is 13.2. The number of rotatable bonds is 6. The first kappa shape index (κ1) is 16.5. The van der Waals surface area contributed by atoms with Crippen molar-refractivity contribution in [1.29, 1.82) is 0 Å². The van der Waals surface area contributed by atoms with Crippen molar-refractivity contribution in [3.63, 3.8) is 0 Å². The molecule has 0 atom stereocenters. The summed E-state index contributed by atoms with van der Waals surface area (Å²) in [7, 11) is 0. The van der Waals surface area contributed by atoms with Crippen LogP contribution >= 0.6 is 23.3 Å². The standard InChI is InChI=1S/C16H13F2N3OS2/c1-23-21-13-4-2-3-12(8-13)20-16-19-9-15(24-16)22-14-6-10(17)5-11(18)7-14/h2-9,21H,1H3,(H,19,20). The number of halogens is 2. The molecule has 0 amide bonds. The number of aromatic nitrogens is 1. The van der Waals surface area contributed by atoms with E-state index in [0.29, 0.717) is 10.2 Å². The topological polar surface area (TPSA) is 46.2 Å². The molecule has 8 heteroatoms. The van der Waals surface area contributed by atoms with E-state index in [1.54, 1.807) is 0 Å². The quantitative estimate of drug-likeness (QED) is 0.553. The summed E-state index contributed by atoms with van der Waals surface area (Å²) in [6.07, 6.45) is 3.44. The van der Waals surface area contributed by atoms with E-state index < -0.39 is 11.6 Å². The molecule has 0 aliphatic heterocycles. The second-order valence-electron chi connectivity index (χ2n) is 4.70. The van der Waals surface area contributed by atoms with Gasteiger partial charge in [0, 0.05) is 35.8 Å². The lowest BCUT2D eigenvalue weighted by Gasteiger charge is -2.06. The van der Waals surface area contributed by atoms with Crippen LogP contribution in [0.25, 0.3) is 0 Å². The zero-order valence-electron chi connectivity index (χ0n) is 12.5. The minimum absolute atomic E-state index is 0.0915. The van der Waals surface area contributed by atoms with Crippen LogP contribution in [0, 0.1) is 11.6 Å². The maximum Gasteiger partial charge on any atom is 0.202 e. The van der Waals surface area contributed by atoms with Crippen LogP contribution in [0.5, 0.6) is 10.8 Å². The molecule has 0 aliphatic carbocycles. The van der Waals surface area contributed by atoms with Crippen LogP contribution in [0.2, 0.25) is 0 Å². The Bertz CT molecular complexity index is 821. The van der Waals surface area contributed by atoms with Crippen LogP contribution in [-0.2, 0) is 0 Å². The Kier molecular flexibility index (Phi) is 5.17. The van der Waals surface area contributed by atoms with Crippen molar-refractivity contribution in [3.8, 4) is 10.8 Å². The van der Waals surface area contributed by atoms with Crippen molar-refractivity contribution >= 4 is 39.8 Å². The molecule has 24 heavy (non-hydrogen) atoms. The molecule has 0 saturated carbocycles. The molecule has 124 valence electrons. The summed E-state index contributed by atoms with van der Waals surface area (Å²) in [6, 6.07) is 10.8. The summed E-state index contributed by atoms with van der Waals surface area (Å²) >= 11 is 2.74. The lowest BCUT2D eigenvalue weighted by Crippen LogP contribution is -1.90. The number of nitrogens with zero attached hydrogens (tertiary/aromatic N) is 1. The first-order chi connectivity index (χ1) is 11.6. The van der Waals surface area contributed by atoms with Crippen molar-refractivity contribution in [3.05, 3.63) is 60.3 Å². The van der Waals surface area contributed by atoms with Gasteiger partial charge in [-0.2, -0.15) is 0 Å². The van der Waals surface area contributed by atoms with Crippen LogP contribution in [-0.4, -0.2) is 11.2 Å². The highest BCUT2D eigenvalue weighted by Crippen LogP contribution is 2.32. The van der Waals surface area contributed by atoms with Gasteiger partial charge in [-0.3, -0.25) is 0 Å². The molecular formula is C16H13F2N3OS2. The van der Waals surface area contributed by atoms with Gasteiger partial charge in [0.1, 0.15) is 17.4 Å². The number of ether oxygens (including phenoxy) is 1. The average Bonchev–Trinajstić information content (AvgIpc) is 2.94. The predicted octanol–water partition coefficient (Wildman–Crippen LogP) is 5.65. The van der Waals surface area contributed by atoms with Crippen molar-refractivity contribution in [1.82, 2.24) is 4.98 Å². The smallest absolute Gasteiger partial charge is 0.202 e. The van der Waals surface area contributed by atoms with Crippen LogP contribution in [0.4, 0.5) is 25.3 Å². The maximum atomic E-state index is 13.2. The second kappa shape index (κ2) is 7.50. The van der Waals surface area contributed by atoms with Gasteiger partial charge >= 0.3 is 0 Å². The van der Waals surface area contributed by atoms with Gasteiger partial charge < -0.3 is 14.8 Å². The molecule has 0 spiro atoms. The normalized spacial score (nSPS) is 10.5. The molecule has 0 aliphatic rings. The highest BCUT2D eigenvalue weighted by atomic mass is 32.2. The van der Waals surface area contributed by atoms with Gasteiger partial charge in [0.05, 0.1) is 6.20 Å². The number of anilines is 3. The van der Waals surface area contributed by atoms with Crippen molar-refractivity contribution < 1.29 is 13.5 Å². The fourth-order valence-corrected chi connectivity index (χ4v) is 3.04. The Hall–Kier alpha value is -2.32. The fourth-order valence-electron chi connectivity index (χ4n) is 1.97. The first-order valence-electron chi connectivity index (χ1n) is 6.88. The van der Waals surface area contributed by atoms with Crippen LogP contribution < -0.4 is 14.8 Å². The second-order valence-corrected chi connectivity index (χ2v) is 6.31. The van der Waals surface area contributed by atoms with Crippen LogP contribution in [0.3, 0.4) is 0 Å². The van der Waals surface area contributed by atoms with Gasteiger partial charge in [0.25, 0.3) is 0 Å². The van der Waals surface area contributed by atoms with E-state index in [2.05, 4.69) is 15.0 Å². The van der Waals surface area contributed by atoms with Crippen LogP contribution in [0.1, 0.15) is 0 Å². The van der Waals surface area contributed by atoms with Gasteiger partial charge in [0.2, 0.25) is 5.06 Å². The summed E-state index contributed by atoms with van der Waals surface area (Å²) < 4.78 is 34.9. The number of thiazole rings is 1. The first-order valence-corrected chi connectivity index (χ1v) is 8.92. The summed E-state index contributed by atoms with van der Waals surface area (Å²) in [5.74, 6) is -1.29. The zero-order valence-corrected chi connectivity index (χ0v) is 14.2. The molecule has 4 nitrogen and oxygen atoms in total. The molecule has 2 N–H and O–H groups in total. The Morgan fingerprint density at radius 3 is 2.58 bits per heavy atom. The Morgan fingerprint density at radius 1 is 1.08 bits per heavy atom. The third kappa shape index (κ3) is 4.36. The van der Waals surface area contributed by atoms with E-state index in [0.717, 1.165) is 29.6 Å². The van der Waals surface area contributed by atoms with E-state index in [-0.39, 0.29) is 5.75 Å².